The van der Waals surface area contributed by atoms with Crippen LogP contribution in [0.15, 0.2) is 60.7 Å². The van der Waals surface area contributed by atoms with Crippen molar-refractivity contribution in [2.24, 2.45) is 0 Å². The number of nitrogens with one attached hydrogen (secondary N) is 1. The molecule has 2 rings (SSSR count). The Balaban J connectivity index is 2.05. The molecule has 4 nitrogen and oxygen atoms in total. The first-order valence-corrected chi connectivity index (χ1v) is 8.34. The monoisotopic (exact) mass is 337 g/mol. The number of hydrogen-bond acceptors (Lipinski definition) is 3. The third-order valence-electron chi connectivity index (χ3n) is 3.70. The van der Waals surface area contributed by atoms with Crippen molar-refractivity contribution in [1.29, 1.82) is 0 Å². The summed E-state index contributed by atoms with van der Waals surface area (Å²) in [5, 5.41) is 2.88. The number of ether oxygens (including phenoxy) is 1. The van der Waals surface area contributed by atoms with Crippen LogP contribution in [0, 0.1) is 6.92 Å². The Kier molecular flexibility index (Phi) is 6.96. The highest BCUT2D eigenvalue weighted by molar-refractivity contribution is 5.92. The van der Waals surface area contributed by atoms with E-state index in [-0.39, 0.29) is 18.3 Å². The maximum Gasteiger partial charge on any atom is 0.308 e. The molecule has 2 aromatic rings. The van der Waals surface area contributed by atoms with Gasteiger partial charge in [-0.05, 0) is 31.1 Å². The van der Waals surface area contributed by atoms with E-state index in [0.717, 1.165) is 11.1 Å². The highest BCUT2D eigenvalue weighted by atomic mass is 16.5. The fraction of sp³-hybridized carbons (Fsp3) is 0.238. The Labute approximate surface area is 148 Å². The van der Waals surface area contributed by atoms with Gasteiger partial charge >= 0.3 is 5.97 Å². The number of carbonyl (C=O) groups is 2. The van der Waals surface area contributed by atoms with Gasteiger partial charge in [0.25, 0.3) is 0 Å². The summed E-state index contributed by atoms with van der Waals surface area (Å²) in [6, 6.07) is 16.9. The first kappa shape index (κ1) is 18.5. The van der Waals surface area contributed by atoms with Crippen molar-refractivity contribution in [3.05, 3.63) is 77.4 Å². The molecule has 25 heavy (non-hydrogen) atoms. The lowest BCUT2D eigenvalue weighted by atomic mass is 10.0. The lowest BCUT2D eigenvalue weighted by Crippen LogP contribution is -2.29. The summed E-state index contributed by atoms with van der Waals surface area (Å²) >= 11 is 0. The highest BCUT2D eigenvalue weighted by Crippen LogP contribution is 2.17. The van der Waals surface area contributed by atoms with Gasteiger partial charge in [0, 0.05) is 6.08 Å². The summed E-state index contributed by atoms with van der Waals surface area (Å²) in [5.41, 5.74) is 2.98. The van der Waals surface area contributed by atoms with E-state index in [1.807, 2.05) is 61.5 Å². The predicted molar refractivity (Wildman–Crippen MR) is 98.8 cm³/mol. The quantitative estimate of drug-likeness (QED) is 0.617. The predicted octanol–water partition coefficient (Wildman–Crippen LogP) is 3.82. The van der Waals surface area contributed by atoms with Crippen molar-refractivity contribution in [2.75, 3.05) is 6.61 Å². The molecular formula is C21H23NO3. The molecular weight excluding hydrogens is 314 g/mol. The molecule has 0 saturated carbocycles. The summed E-state index contributed by atoms with van der Waals surface area (Å²) in [5.74, 6) is -0.585. The Morgan fingerprint density at radius 1 is 1.08 bits per heavy atom. The minimum Gasteiger partial charge on any atom is -0.466 e. The molecule has 130 valence electrons. The van der Waals surface area contributed by atoms with E-state index in [9.17, 15) is 9.59 Å². The van der Waals surface area contributed by atoms with Gasteiger partial charge in [0.2, 0.25) is 5.91 Å². The molecule has 0 spiro atoms. The minimum atomic E-state index is -0.421. The standard InChI is InChI=1S/C21H23NO3/c1-3-25-21(24)15-19(18-7-5-4-6-8-18)22-20(23)14-13-17-11-9-16(2)10-12-17/h4-14,19H,3,15H2,1-2H3,(H,22,23)/b14-13+. The SMILES string of the molecule is CCOC(=O)CC(NC(=O)/C=C/c1ccc(C)cc1)c1ccccc1. The van der Waals surface area contributed by atoms with E-state index < -0.39 is 6.04 Å². The normalized spacial score (nSPS) is 11.9. The van der Waals surface area contributed by atoms with Gasteiger partial charge < -0.3 is 10.1 Å². The molecule has 1 N–H and O–H groups in total. The zero-order chi connectivity index (χ0) is 18.1. The van der Waals surface area contributed by atoms with E-state index in [4.69, 9.17) is 4.74 Å². The van der Waals surface area contributed by atoms with E-state index in [1.165, 1.54) is 11.6 Å². The van der Waals surface area contributed by atoms with Gasteiger partial charge in [-0.3, -0.25) is 9.59 Å². The van der Waals surface area contributed by atoms with Gasteiger partial charge in [-0.2, -0.15) is 0 Å². The lowest BCUT2D eigenvalue weighted by molar-refractivity contribution is -0.143. The number of benzene rings is 2. The Morgan fingerprint density at radius 3 is 2.40 bits per heavy atom. The smallest absolute Gasteiger partial charge is 0.308 e. The third-order valence-corrected chi connectivity index (χ3v) is 3.70. The van der Waals surface area contributed by atoms with Crippen LogP contribution in [-0.4, -0.2) is 18.5 Å². The van der Waals surface area contributed by atoms with Crippen LogP contribution in [0.4, 0.5) is 0 Å². The van der Waals surface area contributed by atoms with Crippen LogP contribution in [0.25, 0.3) is 6.08 Å². The second-order valence-electron chi connectivity index (χ2n) is 5.73. The number of aryl methyl sites for hydroxylation is 1. The Hall–Kier alpha value is -2.88. The molecule has 0 fully saturated rings. The molecule has 0 aromatic heterocycles. The van der Waals surface area contributed by atoms with E-state index in [1.54, 1.807) is 13.0 Å². The van der Waals surface area contributed by atoms with Crippen molar-refractivity contribution in [2.45, 2.75) is 26.3 Å². The minimum absolute atomic E-state index is 0.0992. The summed E-state index contributed by atoms with van der Waals surface area (Å²) < 4.78 is 5.01. The number of esters is 1. The van der Waals surface area contributed by atoms with Crippen molar-refractivity contribution >= 4 is 18.0 Å². The van der Waals surface area contributed by atoms with Crippen LogP contribution in [-0.2, 0) is 14.3 Å². The van der Waals surface area contributed by atoms with Crippen LogP contribution in [0.1, 0.15) is 36.1 Å². The third kappa shape index (κ3) is 6.26. The van der Waals surface area contributed by atoms with Gasteiger partial charge in [0.1, 0.15) is 0 Å². The average Bonchev–Trinajstić information content (AvgIpc) is 2.62. The molecule has 0 aliphatic heterocycles. The zero-order valence-electron chi connectivity index (χ0n) is 14.6. The number of hydrogen-bond donors (Lipinski definition) is 1. The van der Waals surface area contributed by atoms with E-state index >= 15 is 0 Å². The molecule has 0 radical (unpaired) electrons. The topological polar surface area (TPSA) is 55.4 Å². The van der Waals surface area contributed by atoms with Gasteiger partial charge in [0.05, 0.1) is 19.1 Å². The van der Waals surface area contributed by atoms with Crippen molar-refractivity contribution in [1.82, 2.24) is 5.32 Å². The first-order chi connectivity index (χ1) is 12.1. The number of amides is 1. The highest BCUT2D eigenvalue weighted by Gasteiger charge is 2.18. The molecule has 1 amide bonds. The second kappa shape index (κ2) is 9.42. The molecule has 2 aromatic carbocycles. The lowest BCUT2D eigenvalue weighted by Gasteiger charge is -2.17. The zero-order valence-corrected chi connectivity index (χ0v) is 14.6. The fourth-order valence-electron chi connectivity index (χ4n) is 2.39. The Bertz CT molecular complexity index is 721. The van der Waals surface area contributed by atoms with Crippen LogP contribution in [0.5, 0.6) is 0 Å². The van der Waals surface area contributed by atoms with Crippen molar-refractivity contribution in [3.63, 3.8) is 0 Å². The van der Waals surface area contributed by atoms with Crippen molar-refractivity contribution < 1.29 is 14.3 Å². The summed E-state index contributed by atoms with van der Waals surface area (Å²) in [6.45, 7) is 4.10. The van der Waals surface area contributed by atoms with E-state index in [2.05, 4.69) is 5.32 Å². The molecule has 1 unspecified atom stereocenters. The van der Waals surface area contributed by atoms with E-state index in [0.29, 0.717) is 6.61 Å². The summed E-state index contributed by atoms with van der Waals surface area (Å²) in [4.78, 5) is 24.1. The maximum atomic E-state index is 12.3. The van der Waals surface area contributed by atoms with Gasteiger partial charge in [-0.25, -0.2) is 0 Å². The molecule has 0 aliphatic rings. The number of carbonyl (C=O) groups excluding carboxylic acids is 2. The molecule has 0 heterocycles. The van der Waals surface area contributed by atoms with Crippen LogP contribution in [0.3, 0.4) is 0 Å². The van der Waals surface area contributed by atoms with Crippen molar-refractivity contribution in [3.8, 4) is 0 Å². The molecule has 0 aliphatic carbocycles. The fourth-order valence-corrected chi connectivity index (χ4v) is 2.39. The van der Waals surface area contributed by atoms with Gasteiger partial charge in [0.15, 0.2) is 0 Å². The summed E-state index contributed by atoms with van der Waals surface area (Å²) in [6.07, 6.45) is 3.33. The molecule has 0 saturated heterocycles. The largest absolute Gasteiger partial charge is 0.466 e. The van der Waals surface area contributed by atoms with Gasteiger partial charge in [-0.15, -0.1) is 0 Å². The first-order valence-electron chi connectivity index (χ1n) is 8.34. The summed E-state index contributed by atoms with van der Waals surface area (Å²) in [7, 11) is 0. The maximum absolute atomic E-state index is 12.3. The van der Waals surface area contributed by atoms with Crippen LogP contribution < -0.4 is 5.32 Å². The second-order valence-corrected chi connectivity index (χ2v) is 5.73. The molecule has 1 atom stereocenters. The molecule has 4 heteroatoms. The molecule has 0 bridgehead atoms. The van der Waals surface area contributed by atoms with Crippen LogP contribution in [0.2, 0.25) is 0 Å². The van der Waals surface area contributed by atoms with Crippen LogP contribution >= 0.6 is 0 Å². The Morgan fingerprint density at radius 2 is 1.76 bits per heavy atom. The average molecular weight is 337 g/mol. The van der Waals surface area contributed by atoms with Gasteiger partial charge in [-0.1, -0.05) is 60.2 Å². The number of rotatable bonds is 7.